The molecule has 13 heteroatoms. The molecule has 3 heterocycles. The number of pyridine rings is 2. The standard InChI is InChI=1S/C29H31F3N8O2/c1-16-9-12-37-25-20(4-3-11-35-17(2)27(41)39-16)15-38-26(34)23(25)24(33)18-5-7-19(8-6-18)28(42)40-22-14-21(10-13-36-22)29(30,31)32/h3-8,10,13-17,33,35,37H,9,11-12H2,1-2H3,(H2,34,38)(H,39,41)(H,36,40,42)/b4-3+,33-24?. The lowest BCUT2D eigenvalue weighted by atomic mass is 9.97. The maximum absolute atomic E-state index is 13.0. The average Bonchev–Trinajstić information content (AvgIpc) is 2.96. The van der Waals surface area contributed by atoms with E-state index in [4.69, 9.17) is 11.1 Å². The predicted molar refractivity (Wildman–Crippen MR) is 155 cm³/mol. The van der Waals surface area contributed by atoms with Crippen molar-refractivity contribution in [2.75, 3.05) is 29.5 Å². The number of hydrogen-bond acceptors (Lipinski definition) is 8. The summed E-state index contributed by atoms with van der Waals surface area (Å²) in [7, 11) is 0. The second-order valence-electron chi connectivity index (χ2n) is 9.84. The van der Waals surface area contributed by atoms with Crippen LogP contribution in [0.4, 0.5) is 30.5 Å². The second-order valence-corrected chi connectivity index (χ2v) is 9.84. The van der Waals surface area contributed by atoms with E-state index in [1.165, 1.54) is 12.1 Å². The average molecular weight is 581 g/mol. The normalized spacial score (nSPS) is 18.6. The van der Waals surface area contributed by atoms with Crippen LogP contribution < -0.4 is 27.0 Å². The fourth-order valence-electron chi connectivity index (χ4n) is 4.28. The van der Waals surface area contributed by atoms with Crippen LogP contribution in [0.25, 0.3) is 6.08 Å². The number of fused-ring (bicyclic) bond motifs is 1. The number of carbonyl (C=O) groups excluding carboxylic acids is 2. The third kappa shape index (κ3) is 7.29. The lowest BCUT2D eigenvalue weighted by Gasteiger charge is -2.20. The Hall–Kier alpha value is -4.78. The molecule has 42 heavy (non-hydrogen) atoms. The van der Waals surface area contributed by atoms with Gasteiger partial charge in [-0.15, -0.1) is 0 Å². The number of amides is 2. The van der Waals surface area contributed by atoms with Crippen LogP contribution in [0.2, 0.25) is 0 Å². The van der Waals surface area contributed by atoms with Gasteiger partial charge < -0.3 is 27.0 Å². The van der Waals surface area contributed by atoms with Gasteiger partial charge in [-0.2, -0.15) is 13.2 Å². The number of nitrogens with two attached hydrogens (primary N) is 1. The molecule has 2 aromatic heterocycles. The van der Waals surface area contributed by atoms with Gasteiger partial charge in [0.25, 0.3) is 5.91 Å². The Kier molecular flexibility index (Phi) is 9.21. The molecule has 2 unspecified atom stereocenters. The first-order chi connectivity index (χ1) is 19.9. The van der Waals surface area contributed by atoms with E-state index in [0.717, 1.165) is 18.3 Å². The topological polar surface area (TPSA) is 158 Å². The number of carbonyl (C=O) groups is 2. The lowest BCUT2D eigenvalue weighted by molar-refractivity contribution is -0.137. The van der Waals surface area contributed by atoms with Crippen LogP contribution in [0.1, 0.15) is 52.9 Å². The van der Waals surface area contributed by atoms with Gasteiger partial charge in [0.2, 0.25) is 5.91 Å². The van der Waals surface area contributed by atoms with Crippen LogP contribution in [-0.4, -0.2) is 52.7 Å². The van der Waals surface area contributed by atoms with Gasteiger partial charge in [-0.25, -0.2) is 9.97 Å². The van der Waals surface area contributed by atoms with E-state index in [1.807, 2.05) is 19.1 Å². The van der Waals surface area contributed by atoms with Gasteiger partial charge in [-0.05, 0) is 44.5 Å². The molecule has 0 fully saturated rings. The van der Waals surface area contributed by atoms with Crippen molar-refractivity contribution >= 4 is 40.9 Å². The summed E-state index contributed by atoms with van der Waals surface area (Å²) >= 11 is 0. The third-order valence-corrected chi connectivity index (χ3v) is 6.65. The zero-order valence-electron chi connectivity index (χ0n) is 23.0. The number of hydrogen-bond donors (Lipinski definition) is 6. The second kappa shape index (κ2) is 12.8. The number of nitrogens with zero attached hydrogens (tertiary/aromatic N) is 2. The SMILES string of the molecule is CC1CCNc2c(cnc(N)c2C(=N)c2ccc(C(=O)Nc3cc(C(F)(F)F)ccn3)cc2)/C=C/CNC(C)C(=O)N1. The molecule has 220 valence electrons. The van der Waals surface area contributed by atoms with E-state index in [1.54, 1.807) is 25.3 Å². The summed E-state index contributed by atoms with van der Waals surface area (Å²) in [5.74, 6) is -0.851. The minimum absolute atomic E-state index is 0.0571. The molecule has 4 rings (SSSR count). The van der Waals surface area contributed by atoms with Crippen molar-refractivity contribution in [1.29, 1.82) is 5.41 Å². The molecule has 2 amide bonds. The minimum atomic E-state index is -4.57. The zero-order valence-corrected chi connectivity index (χ0v) is 23.0. The molecule has 1 aliphatic rings. The number of anilines is 3. The van der Waals surface area contributed by atoms with Crippen molar-refractivity contribution in [3.8, 4) is 0 Å². The Labute approximate surface area is 240 Å². The number of aromatic nitrogens is 2. The molecule has 1 aliphatic heterocycles. The van der Waals surface area contributed by atoms with Crippen molar-refractivity contribution in [3.63, 3.8) is 0 Å². The van der Waals surface area contributed by atoms with Gasteiger partial charge in [-0.1, -0.05) is 24.3 Å². The van der Waals surface area contributed by atoms with Crippen LogP contribution in [0.15, 0.2) is 54.9 Å². The summed E-state index contributed by atoms with van der Waals surface area (Å²) in [6.45, 7) is 4.62. The molecular formula is C29H31F3N8O2. The summed E-state index contributed by atoms with van der Waals surface area (Å²) in [4.78, 5) is 33.1. The van der Waals surface area contributed by atoms with E-state index >= 15 is 0 Å². The van der Waals surface area contributed by atoms with Gasteiger partial charge >= 0.3 is 6.18 Å². The quantitative estimate of drug-likeness (QED) is 0.254. The highest BCUT2D eigenvalue weighted by Gasteiger charge is 2.31. The molecule has 0 saturated heterocycles. The maximum atomic E-state index is 13.0. The fraction of sp³-hybridized carbons (Fsp3) is 0.276. The first-order valence-corrected chi connectivity index (χ1v) is 13.2. The Bertz CT molecular complexity index is 1510. The first kappa shape index (κ1) is 30.2. The Balaban J connectivity index is 1.57. The number of alkyl halides is 3. The number of halogens is 3. The van der Waals surface area contributed by atoms with Crippen LogP contribution in [-0.2, 0) is 11.0 Å². The first-order valence-electron chi connectivity index (χ1n) is 13.2. The number of nitrogens with one attached hydrogen (secondary N) is 5. The molecule has 2 atom stereocenters. The van der Waals surface area contributed by atoms with Gasteiger partial charge in [0.05, 0.1) is 28.6 Å². The summed E-state index contributed by atoms with van der Waals surface area (Å²) in [6, 6.07) is 7.12. The summed E-state index contributed by atoms with van der Waals surface area (Å²) in [5.41, 5.74) is 7.67. The highest BCUT2D eigenvalue weighted by molar-refractivity contribution is 6.17. The van der Waals surface area contributed by atoms with Gasteiger partial charge in [0.1, 0.15) is 11.6 Å². The lowest BCUT2D eigenvalue weighted by Crippen LogP contribution is -2.45. The number of rotatable bonds is 4. The van der Waals surface area contributed by atoms with Crippen LogP contribution in [0.3, 0.4) is 0 Å². The van der Waals surface area contributed by atoms with E-state index in [9.17, 15) is 22.8 Å². The van der Waals surface area contributed by atoms with Crippen molar-refractivity contribution in [1.82, 2.24) is 20.6 Å². The Morgan fingerprint density at radius 2 is 1.83 bits per heavy atom. The van der Waals surface area contributed by atoms with Crippen LogP contribution in [0, 0.1) is 5.41 Å². The van der Waals surface area contributed by atoms with Crippen molar-refractivity contribution in [3.05, 3.63) is 82.7 Å². The molecule has 0 radical (unpaired) electrons. The largest absolute Gasteiger partial charge is 0.416 e. The third-order valence-electron chi connectivity index (χ3n) is 6.65. The van der Waals surface area contributed by atoms with Gasteiger partial charge in [-0.3, -0.25) is 15.0 Å². The van der Waals surface area contributed by atoms with Crippen molar-refractivity contribution < 1.29 is 22.8 Å². The van der Waals surface area contributed by atoms with Crippen LogP contribution >= 0.6 is 0 Å². The maximum Gasteiger partial charge on any atom is 0.416 e. The van der Waals surface area contributed by atoms with Crippen molar-refractivity contribution in [2.24, 2.45) is 0 Å². The summed E-state index contributed by atoms with van der Waals surface area (Å²) < 4.78 is 39.0. The Morgan fingerprint density at radius 1 is 1.12 bits per heavy atom. The number of benzene rings is 1. The van der Waals surface area contributed by atoms with E-state index in [-0.39, 0.29) is 40.9 Å². The molecule has 7 N–H and O–H groups in total. The molecule has 3 aromatic rings. The summed E-state index contributed by atoms with van der Waals surface area (Å²) in [5, 5.41) is 20.8. The molecule has 0 saturated carbocycles. The highest BCUT2D eigenvalue weighted by atomic mass is 19.4. The molecule has 0 spiro atoms. The number of nitrogen functional groups attached to an aromatic ring is 1. The monoisotopic (exact) mass is 580 g/mol. The molecule has 0 bridgehead atoms. The van der Waals surface area contributed by atoms with E-state index in [0.29, 0.717) is 41.9 Å². The van der Waals surface area contributed by atoms with E-state index in [2.05, 4.69) is 31.2 Å². The highest BCUT2D eigenvalue weighted by Crippen LogP contribution is 2.31. The molecular weight excluding hydrogens is 549 g/mol. The van der Waals surface area contributed by atoms with E-state index < -0.39 is 17.6 Å². The van der Waals surface area contributed by atoms with Gasteiger partial charge in [0.15, 0.2) is 0 Å². The van der Waals surface area contributed by atoms with Crippen LogP contribution in [0.5, 0.6) is 0 Å². The zero-order chi connectivity index (χ0) is 30.4. The molecule has 1 aromatic carbocycles. The molecule has 0 aliphatic carbocycles. The molecule has 10 nitrogen and oxygen atoms in total. The van der Waals surface area contributed by atoms with Crippen molar-refractivity contribution in [2.45, 2.75) is 38.5 Å². The predicted octanol–water partition coefficient (Wildman–Crippen LogP) is 4.06. The Morgan fingerprint density at radius 3 is 2.55 bits per heavy atom. The smallest absolute Gasteiger partial charge is 0.384 e. The fourth-order valence-corrected chi connectivity index (χ4v) is 4.28. The van der Waals surface area contributed by atoms with Gasteiger partial charge in [0, 0.05) is 48.2 Å². The summed E-state index contributed by atoms with van der Waals surface area (Å²) in [6.07, 6.45) is 2.30. The minimum Gasteiger partial charge on any atom is -0.384 e.